The van der Waals surface area contributed by atoms with Crippen LogP contribution in [0.1, 0.15) is 39.0 Å². The van der Waals surface area contributed by atoms with E-state index in [1.165, 1.54) is 32.1 Å². The van der Waals surface area contributed by atoms with Gasteiger partial charge in [-0.1, -0.05) is 25.2 Å². The fourth-order valence-electron chi connectivity index (χ4n) is 1.93. The van der Waals surface area contributed by atoms with E-state index in [-0.39, 0.29) is 0 Å². The number of unbranched alkanes of at least 4 members (excludes halogenated alkanes) is 1. The maximum atomic E-state index is 3.75. The summed E-state index contributed by atoms with van der Waals surface area (Å²) in [5.74, 6) is 1.84. The Hall–Kier alpha value is -0.520. The van der Waals surface area contributed by atoms with Crippen LogP contribution in [0, 0.1) is 11.8 Å². The van der Waals surface area contributed by atoms with E-state index in [9.17, 15) is 0 Å². The fourth-order valence-corrected chi connectivity index (χ4v) is 1.93. The molecule has 0 heteroatoms. The van der Waals surface area contributed by atoms with E-state index < -0.39 is 0 Å². The van der Waals surface area contributed by atoms with Crippen molar-refractivity contribution in [2.75, 3.05) is 0 Å². The highest BCUT2D eigenvalue weighted by Gasteiger charge is 2.16. The normalized spacial score (nSPS) is 28.8. The summed E-state index contributed by atoms with van der Waals surface area (Å²) in [5.41, 5.74) is 0. The Kier molecular flexibility index (Phi) is 4.13. The summed E-state index contributed by atoms with van der Waals surface area (Å²) in [4.78, 5) is 0. The van der Waals surface area contributed by atoms with Crippen LogP contribution in [0.15, 0.2) is 24.8 Å². The molecule has 0 amide bonds. The molecule has 0 spiro atoms. The first-order valence-corrected chi connectivity index (χ1v) is 5.10. The molecule has 0 saturated heterocycles. The summed E-state index contributed by atoms with van der Waals surface area (Å²) in [7, 11) is 0. The second-order valence-corrected chi connectivity index (χ2v) is 3.90. The molecule has 0 heterocycles. The second-order valence-electron chi connectivity index (χ2n) is 3.90. The van der Waals surface area contributed by atoms with Gasteiger partial charge in [-0.2, -0.15) is 0 Å². The Balaban J connectivity index is 2.21. The SMILES string of the molecule is C=CCCCC1CC=CCC1C. The average Bonchev–Trinajstić information content (AvgIpc) is 2.09. The van der Waals surface area contributed by atoms with Gasteiger partial charge in [0.2, 0.25) is 0 Å². The largest absolute Gasteiger partial charge is 0.103 e. The Morgan fingerprint density at radius 2 is 2.17 bits per heavy atom. The molecule has 0 aliphatic heterocycles. The van der Waals surface area contributed by atoms with Crippen LogP contribution >= 0.6 is 0 Å². The molecule has 0 bridgehead atoms. The quantitative estimate of drug-likeness (QED) is 0.436. The van der Waals surface area contributed by atoms with Crippen molar-refractivity contribution in [1.82, 2.24) is 0 Å². The van der Waals surface area contributed by atoms with E-state index in [4.69, 9.17) is 0 Å². The molecule has 0 saturated carbocycles. The molecule has 0 aromatic rings. The Bertz CT molecular complexity index is 155. The van der Waals surface area contributed by atoms with Crippen LogP contribution in [0.2, 0.25) is 0 Å². The van der Waals surface area contributed by atoms with Crippen LogP contribution in [0.5, 0.6) is 0 Å². The van der Waals surface area contributed by atoms with Crippen molar-refractivity contribution >= 4 is 0 Å². The zero-order chi connectivity index (χ0) is 8.81. The lowest BCUT2D eigenvalue weighted by Gasteiger charge is -2.24. The first-order valence-electron chi connectivity index (χ1n) is 5.10. The Morgan fingerprint density at radius 1 is 1.42 bits per heavy atom. The van der Waals surface area contributed by atoms with Gasteiger partial charge >= 0.3 is 0 Å². The van der Waals surface area contributed by atoms with E-state index in [2.05, 4.69) is 25.7 Å². The Labute approximate surface area is 76.4 Å². The lowest BCUT2D eigenvalue weighted by atomic mass is 9.81. The third kappa shape index (κ3) is 2.84. The molecule has 1 aliphatic carbocycles. The summed E-state index contributed by atoms with van der Waals surface area (Å²) >= 11 is 0. The molecular formula is C12H20. The maximum Gasteiger partial charge on any atom is -0.0320 e. The molecule has 0 nitrogen and oxygen atoms in total. The van der Waals surface area contributed by atoms with Gasteiger partial charge in [-0.25, -0.2) is 0 Å². The van der Waals surface area contributed by atoms with Gasteiger partial charge in [-0.05, 0) is 43.9 Å². The third-order valence-electron chi connectivity index (χ3n) is 2.90. The molecule has 1 rings (SSSR count). The van der Waals surface area contributed by atoms with Crippen molar-refractivity contribution in [3.05, 3.63) is 24.8 Å². The lowest BCUT2D eigenvalue weighted by molar-refractivity contribution is 0.322. The molecule has 0 aromatic carbocycles. The van der Waals surface area contributed by atoms with Crippen LogP contribution in [0.4, 0.5) is 0 Å². The zero-order valence-electron chi connectivity index (χ0n) is 8.13. The van der Waals surface area contributed by atoms with Crippen molar-refractivity contribution in [2.45, 2.75) is 39.0 Å². The number of rotatable bonds is 4. The van der Waals surface area contributed by atoms with Gasteiger partial charge in [0.05, 0.1) is 0 Å². The van der Waals surface area contributed by atoms with Crippen molar-refractivity contribution in [1.29, 1.82) is 0 Å². The second kappa shape index (κ2) is 5.18. The lowest BCUT2D eigenvalue weighted by Crippen LogP contribution is -2.13. The van der Waals surface area contributed by atoms with Gasteiger partial charge in [0.1, 0.15) is 0 Å². The van der Waals surface area contributed by atoms with E-state index in [0.29, 0.717) is 0 Å². The standard InChI is InChI=1S/C12H20/c1-3-4-5-9-12-10-7-6-8-11(12)2/h3,6-7,11-12H,1,4-5,8-10H2,2H3. The number of allylic oxidation sites excluding steroid dienone is 3. The molecule has 0 fully saturated rings. The minimum Gasteiger partial charge on any atom is -0.103 e. The van der Waals surface area contributed by atoms with Crippen molar-refractivity contribution in [3.8, 4) is 0 Å². The van der Waals surface area contributed by atoms with E-state index in [0.717, 1.165) is 11.8 Å². The Morgan fingerprint density at radius 3 is 2.83 bits per heavy atom. The van der Waals surface area contributed by atoms with Gasteiger partial charge < -0.3 is 0 Å². The zero-order valence-corrected chi connectivity index (χ0v) is 8.13. The summed E-state index contributed by atoms with van der Waals surface area (Å²) in [6, 6.07) is 0. The molecule has 1 aliphatic rings. The minimum atomic E-state index is 0.903. The van der Waals surface area contributed by atoms with Crippen LogP contribution < -0.4 is 0 Å². The molecular weight excluding hydrogens is 144 g/mol. The fraction of sp³-hybridized carbons (Fsp3) is 0.667. The van der Waals surface area contributed by atoms with Gasteiger partial charge in [-0.3, -0.25) is 0 Å². The van der Waals surface area contributed by atoms with Gasteiger partial charge in [0, 0.05) is 0 Å². The third-order valence-corrected chi connectivity index (χ3v) is 2.90. The maximum absolute atomic E-state index is 3.75. The molecule has 2 unspecified atom stereocenters. The summed E-state index contributed by atoms with van der Waals surface area (Å²) in [6.45, 7) is 6.13. The van der Waals surface area contributed by atoms with Crippen LogP contribution in [-0.2, 0) is 0 Å². The molecule has 12 heavy (non-hydrogen) atoms. The smallest absolute Gasteiger partial charge is 0.0320 e. The first kappa shape index (κ1) is 9.57. The van der Waals surface area contributed by atoms with Gasteiger partial charge in [0.15, 0.2) is 0 Å². The van der Waals surface area contributed by atoms with Crippen LogP contribution in [-0.4, -0.2) is 0 Å². The number of hydrogen-bond acceptors (Lipinski definition) is 0. The summed E-state index contributed by atoms with van der Waals surface area (Å²) in [5, 5.41) is 0. The van der Waals surface area contributed by atoms with Crippen molar-refractivity contribution in [2.24, 2.45) is 11.8 Å². The predicted octanol–water partition coefficient (Wildman–Crippen LogP) is 3.95. The highest BCUT2D eigenvalue weighted by molar-refractivity contribution is 4.93. The molecule has 0 N–H and O–H groups in total. The highest BCUT2D eigenvalue weighted by Crippen LogP contribution is 2.28. The molecule has 0 aromatic heterocycles. The number of hydrogen-bond donors (Lipinski definition) is 0. The van der Waals surface area contributed by atoms with Gasteiger partial charge in [-0.15, -0.1) is 6.58 Å². The molecule has 0 radical (unpaired) electrons. The van der Waals surface area contributed by atoms with Gasteiger partial charge in [0.25, 0.3) is 0 Å². The van der Waals surface area contributed by atoms with Crippen LogP contribution in [0.3, 0.4) is 0 Å². The first-order chi connectivity index (χ1) is 5.84. The summed E-state index contributed by atoms with van der Waals surface area (Å²) in [6.07, 6.45) is 13.2. The summed E-state index contributed by atoms with van der Waals surface area (Å²) < 4.78 is 0. The van der Waals surface area contributed by atoms with E-state index in [1.807, 2.05) is 6.08 Å². The average molecular weight is 164 g/mol. The van der Waals surface area contributed by atoms with Crippen molar-refractivity contribution in [3.63, 3.8) is 0 Å². The minimum absolute atomic E-state index is 0.903. The van der Waals surface area contributed by atoms with Crippen molar-refractivity contribution < 1.29 is 0 Å². The highest BCUT2D eigenvalue weighted by atomic mass is 14.2. The molecule has 2 atom stereocenters. The predicted molar refractivity (Wildman–Crippen MR) is 55.1 cm³/mol. The van der Waals surface area contributed by atoms with E-state index in [1.54, 1.807) is 0 Å². The molecule has 68 valence electrons. The van der Waals surface area contributed by atoms with E-state index >= 15 is 0 Å². The topological polar surface area (TPSA) is 0 Å². The van der Waals surface area contributed by atoms with Crippen LogP contribution in [0.25, 0.3) is 0 Å². The monoisotopic (exact) mass is 164 g/mol.